The zero-order chi connectivity index (χ0) is 5.70. The van der Waals surface area contributed by atoms with Gasteiger partial charge in [-0.05, 0) is 0 Å². The molecule has 0 fully saturated rings. The Kier molecular flexibility index (Phi) is 4.48. The molecule has 0 amide bonds. The number of allylic oxidation sites excluding steroid dienone is 3. The van der Waals surface area contributed by atoms with Crippen LogP contribution in [0.4, 0.5) is 0 Å². The number of rotatable bonds is 1. The van der Waals surface area contributed by atoms with Crippen molar-refractivity contribution in [1.29, 1.82) is 0 Å². The molecule has 0 spiro atoms. The van der Waals surface area contributed by atoms with Gasteiger partial charge in [0.25, 0.3) is 0 Å². The number of hydrogen-bond donors (Lipinski definition) is 0. The third-order valence-electron chi connectivity index (χ3n) is 0.802. The van der Waals surface area contributed by atoms with E-state index in [1.807, 2.05) is 31.7 Å². The van der Waals surface area contributed by atoms with E-state index in [0.717, 1.165) is 0 Å². The summed E-state index contributed by atoms with van der Waals surface area (Å²) in [6, 6.07) is 0. The molecule has 0 bridgehead atoms. The van der Waals surface area contributed by atoms with Crippen LogP contribution in [0.15, 0.2) is 22.1 Å². The first-order chi connectivity index (χ1) is 3.31. The van der Waals surface area contributed by atoms with Crippen LogP contribution >= 0.6 is 0 Å². The molecule has 0 nitrogen and oxygen atoms in total. The Hall–Kier alpha value is 0.194. The van der Waals surface area contributed by atoms with Crippen LogP contribution in [0, 0.1) is 0 Å². The quantitative estimate of drug-likeness (QED) is 0.375. The van der Waals surface area contributed by atoms with E-state index >= 15 is 0 Å². The average Bonchev–Trinajstić information content (AvgIpc) is 1.68. The summed E-state index contributed by atoms with van der Waals surface area (Å²) in [5, 5.41) is 0. The second-order valence-electron chi connectivity index (χ2n) is 1.37. The third-order valence-corrected chi connectivity index (χ3v) is 1.06. The van der Waals surface area contributed by atoms with Crippen LogP contribution in [0.1, 0.15) is 13.8 Å². The van der Waals surface area contributed by atoms with Crippen LogP contribution in [0.2, 0.25) is 0 Å². The van der Waals surface area contributed by atoms with Gasteiger partial charge in [-0.1, -0.05) is 0 Å². The van der Waals surface area contributed by atoms with E-state index in [2.05, 4.69) is 19.1 Å². The Morgan fingerprint density at radius 3 is 2.29 bits per heavy atom. The SMILES string of the molecule is CC=C(C)C=[CH][Ti+]. The van der Waals surface area contributed by atoms with Gasteiger partial charge in [0.2, 0.25) is 0 Å². The first-order valence-corrected chi connectivity index (χ1v) is 3.18. The average molecular weight is 129 g/mol. The fourth-order valence-corrected chi connectivity index (χ4v) is 0.638. The molecule has 0 heterocycles. The molecule has 0 saturated heterocycles. The second-order valence-corrected chi connectivity index (χ2v) is 1.89. The molecule has 1 heteroatoms. The monoisotopic (exact) mass is 129 g/mol. The topological polar surface area (TPSA) is 0 Å². The van der Waals surface area contributed by atoms with E-state index < -0.39 is 0 Å². The summed E-state index contributed by atoms with van der Waals surface area (Å²) in [7, 11) is 0. The van der Waals surface area contributed by atoms with E-state index in [1.54, 1.807) is 0 Å². The summed E-state index contributed by atoms with van der Waals surface area (Å²) in [6.07, 6.45) is 4.17. The van der Waals surface area contributed by atoms with E-state index in [0.29, 0.717) is 0 Å². The van der Waals surface area contributed by atoms with Crippen LogP contribution in [0.5, 0.6) is 0 Å². The van der Waals surface area contributed by atoms with Gasteiger partial charge in [0.05, 0.1) is 0 Å². The van der Waals surface area contributed by atoms with Crippen molar-refractivity contribution in [1.82, 2.24) is 0 Å². The van der Waals surface area contributed by atoms with E-state index in [1.165, 1.54) is 5.57 Å². The fraction of sp³-hybridized carbons (Fsp3) is 0.333. The van der Waals surface area contributed by atoms with Crippen molar-refractivity contribution >= 4 is 0 Å². The fourth-order valence-electron chi connectivity index (χ4n) is 0.228. The predicted molar refractivity (Wildman–Crippen MR) is 28.6 cm³/mol. The molecular formula is C6H9Ti+. The molecule has 0 aromatic carbocycles. The molecule has 0 atom stereocenters. The van der Waals surface area contributed by atoms with E-state index in [-0.39, 0.29) is 0 Å². The normalized spacial score (nSPS) is 13.0. The minimum atomic E-state index is 1.32. The van der Waals surface area contributed by atoms with Gasteiger partial charge in [-0.15, -0.1) is 0 Å². The number of hydrogen-bond acceptors (Lipinski definition) is 0. The molecule has 0 aromatic rings. The van der Waals surface area contributed by atoms with Gasteiger partial charge < -0.3 is 0 Å². The molecule has 0 aliphatic rings. The van der Waals surface area contributed by atoms with Gasteiger partial charge in [-0.25, -0.2) is 0 Å². The Labute approximate surface area is 56.7 Å². The maximum absolute atomic E-state index is 2.08. The zero-order valence-electron chi connectivity index (χ0n) is 4.73. The Morgan fingerprint density at radius 2 is 2.14 bits per heavy atom. The van der Waals surface area contributed by atoms with Crippen molar-refractivity contribution in [3.63, 3.8) is 0 Å². The van der Waals surface area contributed by atoms with Gasteiger partial charge in [0.1, 0.15) is 0 Å². The standard InChI is InChI=1S/C6H9.Ti/c1-4-6(3)5-2;/h1,4-5H,2-3H3;/q;+1. The Morgan fingerprint density at radius 1 is 1.57 bits per heavy atom. The van der Waals surface area contributed by atoms with Gasteiger partial charge in [-0.3, -0.25) is 0 Å². The maximum atomic E-state index is 2.08. The molecule has 0 aliphatic heterocycles. The van der Waals surface area contributed by atoms with Crippen LogP contribution in [-0.4, -0.2) is 0 Å². The van der Waals surface area contributed by atoms with Crippen molar-refractivity contribution in [3.05, 3.63) is 22.1 Å². The van der Waals surface area contributed by atoms with Crippen molar-refractivity contribution < 1.29 is 20.4 Å². The summed E-state index contributed by atoms with van der Waals surface area (Å²) >= 11 is 2.02. The summed E-state index contributed by atoms with van der Waals surface area (Å²) < 4.78 is 2.04. The van der Waals surface area contributed by atoms with Crippen LogP contribution in [-0.2, 0) is 20.4 Å². The van der Waals surface area contributed by atoms with Gasteiger partial charge >= 0.3 is 56.4 Å². The molecule has 36 valence electrons. The molecule has 0 unspecified atom stereocenters. The van der Waals surface area contributed by atoms with Crippen LogP contribution < -0.4 is 0 Å². The first-order valence-electron chi connectivity index (χ1n) is 2.28. The van der Waals surface area contributed by atoms with Crippen molar-refractivity contribution in [2.24, 2.45) is 0 Å². The van der Waals surface area contributed by atoms with Gasteiger partial charge in [0, 0.05) is 0 Å². The molecule has 0 aromatic heterocycles. The van der Waals surface area contributed by atoms with Crippen molar-refractivity contribution in [2.75, 3.05) is 0 Å². The minimum absolute atomic E-state index is 1.32. The molecule has 0 radical (unpaired) electrons. The Balaban J connectivity index is 3.58. The summed E-state index contributed by atoms with van der Waals surface area (Å²) in [4.78, 5) is 0. The summed E-state index contributed by atoms with van der Waals surface area (Å²) in [5.74, 6) is 0. The molecular weight excluding hydrogens is 120 g/mol. The first kappa shape index (κ1) is 7.19. The Bertz CT molecular complexity index is 90.4. The summed E-state index contributed by atoms with van der Waals surface area (Å²) in [5.41, 5.74) is 1.32. The van der Waals surface area contributed by atoms with Crippen molar-refractivity contribution in [2.45, 2.75) is 13.8 Å². The molecule has 0 rings (SSSR count). The molecule has 0 aliphatic carbocycles. The molecule has 7 heavy (non-hydrogen) atoms. The van der Waals surface area contributed by atoms with E-state index in [9.17, 15) is 0 Å². The van der Waals surface area contributed by atoms with Gasteiger partial charge in [-0.2, -0.15) is 0 Å². The second kappa shape index (κ2) is 4.36. The molecule has 0 N–H and O–H groups in total. The van der Waals surface area contributed by atoms with Crippen LogP contribution in [0.25, 0.3) is 0 Å². The van der Waals surface area contributed by atoms with Gasteiger partial charge in [0.15, 0.2) is 0 Å². The molecule has 0 saturated carbocycles. The van der Waals surface area contributed by atoms with Crippen LogP contribution in [0.3, 0.4) is 0 Å². The van der Waals surface area contributed by atoms with Crippen molar-refractivity contribution in [3.8, 4) is 0 Å². The zero-order valence-corrected chi connectivity index (χ0v) is 6.29. The van der Waals surface area contributed by atoms with E-state index in [4.69, 9.17) is 0 Å². The predicted octanol–water partition coefficient (Wildman–Crippen LogP) is 2.01. The summed E-state index contributed by atoms with van der Waals surface area (Å²) in [6.45, 7) is 4.12. The third kappa shape index (κ3) is 4.04.